The van der Waals surface area contributed by atoms with E-state index < -0.39 is 23.6 Å². The van der Waals surface area contributed by atoms with Crippen LogP contribution in [0, 0.1) is 17.7 Å². The minimum atomic E-state index is -0.915. The fourth-order valence-electron chi connectivity index (χ4n) is 2.48. The standard InChI is InChI=1S/C15H18FNO4/c16-12-3-1-11(2-4-12)14(18)17-9-13(15(19)20)10-5-7-21-8-6-10/h1-4,10,13H,5-9H2,(H,17,18)(H,19,20). The summed E-state index contributed by atoms with van der Waals surface area (Å²) in [6.45, 7) is 1.18. The Morgan fingerprint density at radius 1 is 1.29 bits per heavy atom. The average molecular weight is 295 g/mol. The van der Waals surface area contributed by atoms with Gasteiger partial charge in [0, 0.05) is 25.3 Å². The number of nitrogens with one attached hydrogen (secondary N) is 1. The Hall–Kier alpha value is -1.95. The molecule has 1 aromatic rings. The molecule has 1 atom stereocenters. The van der Waals surface area contributed by atoms with E-state index in [1.165, 1.54) is 24.3 Å². The number of hydrogen-bond acceptors (Lipinski definition) is 3. The molecule has 21 heavy (non-hydrogen) atoms. The van der Waals surface area contributed by atoms with Crippen LogP contribution in [0.4, 0.5) is 4.39 Å². The highest BCUT2D eigenvalue weighted by molar-refractivity contribution is 5.94. The quantitative estimate of drug-likeness (QED) is 0.866. The van der Waals surface area contributed by atoms with Crippen molar-refractivity contribution >= 4 is 11.9 Å². The maximum absolute atomic E-state index is 12.8. The molecular formula is C15H18FNO4. The van der Waals surface area contributed by atoms with Gasteiger partial charge in [-0.05, 0) is 43.0 Å². The number of aliphatic carboxylic acids is 1. The summed E-state index contributed by atoms with van der Waals surface area (Å²) >= 11 is 0. The summed E-state index contributed by atoms with van der Waals surface area (Å²) in [5.74, 6) is -2.35. The van der Waals surface area contributed by atoms with Gasteiger partial charge in [-0.2, -0.15) is 0 Å². The first-order valence-electron chi connectivity index (χ1n) is 6.92. The number of amides is 1. The summed E-state index contributed by atoms with van der Waals surface area (Å²) in [5, 5.41) is 11.9. The fourth-order valence-corrected chi connectivity index (χ4v) is 2.48. The molecule has 2 N–H and O–H groups in total. The summed E-state index contributed by atoms with van der Waals surface area (Å²) in [4.78, 5) is 23.3. The molecule has 0 bridgehead atoms. The van der Waals surface area contributed by atoms with Crippen molar-refractivity contribution in [3.05, 3.63) is 35.6 Å². The molecule has 114 valence electrons. The highest BCUT2D eigenvalue weighted by atomic mass is 19.1. The normalized spacial score (nSPS) is 17.2. The molecule has 0 aromatic heterocycles. The number of ether oxygens (including phenoxy) is 1. The van der Waals surface area contributed by atoms with E-state index in [1.54, 1.807) is 0 Å². The molecule has 1 aliphatic heterocycles. The van der Waals surface area contributed by atoms with Crippen molar-refractivity contribution in [1.82, 2.24) is 5.32 Å². The largest absolute Gasteiger partial charge is 0.481 e. The molecule has 6 heteroatoms. The maximum Gasteiger partial charge on any atom is 0.308 e. The Labute approximate surface area is 122 Å². The van der Waals surface area contributed by atoms with Gasteiger partial charge in [-0.3, -0.25) is 9.59 Å². The second-order valence-electron chi connectivity index (χ2n) is 5.11. The van der Waals surface area contributed by atoms with Gasteiger partial charge in [-0.1, -0.05) is 0 Å². The average Bonchev–Trinajstić information content (AvgIpc) is 2.48. The lowest BCUT2D eigenvalue weighted by atomic mass is 9.86. The third-order valence-corrected chi connectivity index (χ3v) is 3.74. The predicted octanol–water partition coefficient (Wildman–Crippen LogP) is 1.68. The maximum atomic E-state index is 12.8. The van der Waals surface area contributed by atoms with E-state index in [1.807, 2.05) is 0 Å². The molecule has 1 unspecified atom stereocenters. The van der Waals surface area contributed by atoms with Crippen molar-refractivity contribution < 1.29 is 23.8 Å². The summed E-state index contributed by atoms with van der Waals surface area (Å²) < 4.78 is 18.0. The topological polar surface area (TPSA) is 75.6 Å². The van der Waals surface area contributed by atoms with Crippen LogP contribution in [0.2, 0.25) is 0 Å². The number of carbonyl (C=O) groups excluding carboxylic acids is 1. The zero-order valence-electron chi connectivity index (χ0n) is 11.5. The summed E-state index contributed by atoms with van der Waals surface area (Å²) in [7, 11) is 0. The Morgan fingerprint density at radius 2 is 1.90 bits per heavy atom. The van der Waals surface area contributed by atoms with E-state index in [0.29, 0.717) is 31.6 Å². The minimum absolute atomic E-state index is 0.00441. The molecule has 1 amide bonds. The summed E-state index contributed by atoms with van der Waals surface area (Å²) in [5.41, 5.74) is 0.313. The van der Waals surface area contributed by atoms with Crippen molar-refractivity contribution in [2.45, 2.75) is 12.8 Å². The second kappa shape index (κ2) is 7.17. The molecule has 0 spiro atoms. The summed E-state index contributed by atoms with van der Waals surface area (Å²) in [6, 6.07) is 5.13. The predicted molar refractivity (Wildman–Crippen MR) is 73.4 cm³/mol. The molecule has 1 aromatic carbocycles. The van der Waals surface area contributed by atoms with E-state index in [4.69, 9.17) is 4.74 Å². The van der Waals surface area contributed by atoms with Crippen molar-refractivity contribution in [1.29, 1.82) is 0 Å². The van der Waals surface area contributed by atoms with E-state index in [-0.39, 0.29) is 12.5 Å². The molecule has 1 aliphatic rings. The van der Waals surface area contributed by atoms with E-state index in [9.17, 15) is 19.1 Å². The molecule has 0 saturated carbocycles. The van der Waals surface area contributed by atoms with Crippen LogP contribution in [0.15, 0.2) is 24.3 Å². The molecule has 1 fully saturated rings. The van der Waals surface area contributed by atoms with E-state index in [2.05, 4.69) is 5.32 Å². The SMILES string of the molecule is O=C(NCC(C(=O)O)C1CCOCC1)c1ccc(F)cc1. The van der Waals surface area contributed by atoms with Crippen LogP contribution in [0.25, 0.3) is 0 Å². The zero-order chi connectivity index (χ0) is 15.2. The van der Waals surface area contributed by atoms with Crippen LogP contribution in [0.5, 0.6) is 0 Å². The van der Waals surface area contributed by atoms with Gasteiger partial charge in [0.2, 0.25) is 0 Å². The van der Waals surface area contributed by atoms with Crippen LogP contribution in [-0.4, -0.2) is 36.7 Å². The van der Waals surface area contributed by atoms with E-state index in [0.717, 1.165) is 0 Å². The van der Waals surface area contributed by atoms with Gasteiger partial charge in [0.05, 0.1) is 5.92 Å². The fraction of sp³-hybridized carbons (Fsp3) is 0.467. The van der Waals surface area contributed by atoms with Gasteiger partial charge in [0.1, 0.15) is 5.82 Å². The molecule has 5 nitrogen and oxygen atoms in total. The highest BCUT2D eigenvalue weighted by Crippen LogP contribution is 2.23. The van der Waals surface area contributed by atoms with E-state index >= 15 is 0 Å². The number of rotatable bonds is 5. The van der Waals surface area contributed by atoms with Gasteiger partial charge >= 0.3 is 5.97 Å². The van der Waals surface area contributed by atoms with Crippen molar-refractivity contribution in [3.63, 3.8) is 0 Å². The third kappa shape index (κ3) is 4.26. The minimum Gasteiger partial charge on any atom is -0.481 e. The van der Waals surface area contributed by atoms with Crippen molar-refractivity contribution in [2.24, 2.45) is 11.8 Å². The lowest BCUT2D eigenvalue weighted by Crippen LogP contribution is -2.39. The molecule has 1 heterocycles. The highest BCUT2D eigenvalue weighted by Gasteiger charge is 2.30. The molecule has 0 radical (unpaired) electrons. The first-order valence-corrected chi connectivity index (χ1v) is 6.92. The first-order chi connectivity index (χ1) is 10.1. The molecule has 1 saturated heterocycles. The number of benzene rings is 1. The summed E-state index contributed by atoms with van der Waals surface area (Å²) in [6.07, 6.45) is 1.37. The number of carboxylic acids is 1. The number of carbonyl (C=O) groups is 2. The number of halogens is 1. The van der Waals surface area contributed by atoms with Gasteiger partial charge in [-0.25, -0.2) is 4.39 Å². The van der Waals surface area contributed by atoms with Crippen LogP contribution < -0.4 is 5.32 Å². The number of hydrogen-bond donors (Lipinski definition) is 2. The lowest BCUT2D eigenvalue weighted by Gasteiger charge is -2.27. The van der Waals surface area contributed by atoms with Gasteiger partial charge in [0.25, 0.3) is 5.91 Å². The van der Waals surface area contributed by atoms with Crippen molar-refractivity contribution in [3.8, 4) is 0 Å². The zero-order valence-corrected chi connectivity index (χ0v) is 11.5. The lowest BCUT2D eigenvalue weighted by molar-refractivity contribution is -0.144. The molecule has 2 rings (SSSR count). The molecule has 0 aliphatic carbocycles. The smallest absolute Gasteiger partial charge is 0.308 e. The Balaban J connectivity index is 1.93. The Kier molecular flexibility index (Phi) is 5.27. The van der Waals surface area contributed by atoms with Crippen LogP contribution in [0.3, 0.4) is 0 Å². The molecular weight excluding hydrogens is 277 g/mol. The van der Waals surface area contributed by atoms with Crippen LogP contribution in [0.1, 0.15) is 23.2 Å². The monoisotopic (exact) mass is 295 g/mol. The Bertz CT molecular complexity index is 497. The second-order valence-corrected chi connectivity index (χ2v) is 5.11. The number of carboxylic acid groups (broad SMARTS) is 1. The van der Waals surface area contributed by atoms with Crippen molar-refractivity contribution in [2.75, 3.05) is 19.8 Å². The van der Waals surface area contributed by atoms with Crippen LogP contribution >= 0.6 is 0 Å². The van der Waals surface area contributed by atoms with Gasteiger partial charge in [-0.15, -0.1) is 0 Å². The Morgan fingerprint density at radius 3 is 2.48 bits per heavy atom. The van der Waals surface area contributed by atoms with Gasteiger partial charge < -0.3 is 15.2 Å². The first kappa shape index (κ1) is 15.4. The van der Waals surface area contributed by atoms with Gasteiger partial charge in [0.15, 0.2) is 0 Å². The third-order valence-electron chi connectivity index (χ3n) is 3.74. The van der Waals surface area contributed by atoms with Crippen LogP contribution in [-0.2, 0) is 9.53 Å².